The predicted octanol–water partition coefficient (Wildman–Crippen LogP) is 2.93. The highest BCUT2D eigenvalue weighted by Crippen LogP contribution is 2.26. The second-order valence-electron chi connectivity index (χ2n) is 3.92. The quantitative estimate of drug-likeness (QED) is 0.885. The average molecular weight is 260 g/mol. The highest BCUT2D eigenvalue weighted by atomic mass is 79.9. The molecule has 0 spiro atoms. The van der Waals surface area contributed by atoms with Gasteiger partial charge in [-0.3, -0.25) is 4.39 Å². The molecule has 0 heterocycles. The third-order valence-corrected chi connectivity index (χ3v) is 3.16. The Morgan fingerprint density at radius 2 is 2.07 bits per heavy atom. The molecule has 1 rings (SSSR count). The van der Waals surface area contributed by atoms with Crippen molar-refractivity contribution in [2.24, 2.45) is 11.1 Å². The van der Waals surface area contributed by atoms with Gasteiger partial charge in [-0.1, -0.05) is 41.1 Å². The third kappa shape index (κ3) is 2.79. The summed E-state index contributed by atoms with van der Waals surface area (Å²) in [6.07, 6.45) is 0.668. The molecule has 1 aromatic carbocycles. The number of alkyl halides is 1. The fourth-order valence-electron chi connectivity index (χ4n) is 1.28. The topological polar surface area (TPSA) is 26.0 Å². The minimum absolute atomic E-state index is 0.366. The Balaban J connectivity index is 2.82. The number of rotatable bonds is 4. The van der Waals surface area contributed by atoms with Crippen LogP contribution in [-0.4, -0.2) is 13.2 Å². The molecule has 0 radical (unpaired) electrons. The smallest absolute Gasteiger partial charge is 0.0963 e. The first-order chi connectivity index (χ1) is 6.61. The van der Waals surface area contributed by atoms with E-state index in [0.29, 0.717) is 13.0 Å². The second-order valence-corrected chi connectivity index (χ2v) is 4.77. The standard InChI is InChI=1S/C11H15BrFN/c1-11(7-13,8-14)6-9-4-2-3-5-10(9)12/h2-5H,6-8,14H2,1H3. The van der Waals surface area contributed by atoms with Crippen LogP contribution in [0.4, 0.5) is 4.39 Å². The van der Waals surface area contributed by atoms with E-state index in [4.69, 9.17) is 5.73 Å². The zero-order valence-corrected chi connectivity index (χ0v) is 9.85. The van der Waals surface area contributed by atoms with E-state index in [1.165, 1.54) is 0 Å². The van der Waals surface area contributed by atoms with Gasteiger partial charge in [0, 0.05) is 16.4 Å². The molecule has 0 fully saturated rings. The molecule has 1 nitrogen and oxygen atoms in total. The lowest BCUT2D eigenvalue weighted by Crippen LogP contribution is -2.31. The van der Waals surface area contributed by atoms with E-state index in [1.54, 1.807) is 0 Å². The Bertz CT molecular complexity index is 297. The van der Waals surface area contributed by atoms with Crippen LogP contribution in [0.3, 0.4) is 0 Å². The normalized spacial score (nSPS) is 15.1. The first kappa shape index (κ1) is 11.7. The van der Waals surface area contributed by atoms with Gasteiger partial charge in [-0.05, 0) is 18.1 Å². The van der Waals surface area contributed by atoms with Crippen LogP contribution in [0, 0.1) is 5.41 Å². The molecule has 0 aliphatic rings. The van der Waals surface area contributed by atoms with Gasteiger partial charge in [0.1, 0.15) is 0 Å². The first-order valence-corrected chi connectivity index (χ1v) is 5.40. The number of hydrogen-bond acceptors (Lipinski definition) is 1. The van der Waals surface area contributed by atoms with Gasteiger partial charge in [0.15, 0.2) is 0 Å². The molecule has 1 aromatic rings. The van der Waals surface area contributed by atoms with E-state index in [2.05, 4.69) is 15.9 Å². The number of hydrogen-bond donors (Lipinski definition) is 1. The summed E-state index contributed by atoms with van der Waals surface area (Å²) in [5.74, 6) is 0. The van der Waals surface area contributed by atoms with Crippen molar-refractivity contribution in [3.8, 4) is 0 Å². The fraction of sp³-hybridized carbons (Fsp3) is 0.455. The van der Waals surface area contributed by atoms with Crippen LogP contribution < -0.4 is 5.73 Å². The molecule has 78 valence electrons. The molecule has 1 atom stereocenters. The van der Waals surface area contributed by atoms with Gasteiger partial charge >= 0.3 is 0 Å². The van der Waals surface area contributed by atoms with E-state index < -0.39 is 5.41 Å². The van der Waals surface area contributed by atoms with Gasteiger partial charge < -0.3 is 5.73 Å². The largest absolute Gasteiger partial charge is 0.330 e. The van der Waals surface area contributed by atoms with Crippen molar-refractivity contribution >= 4 is 15.9 Å². The maximum absolute atomic E-state index is 12.8. The molecule has 2 N–H and O–H groups in total. The fourth-order valence-corrected chi connectivity index (χ4v) is 1.70. The van der Waals surface area contributed by atoms with Crippen molar-refractivity contribution in [2.45, 2.75) is 13.3 Å². The van der Waals surface area contributed by atoms with Crippen LogP contribution in [0.2, 0.25) is 0 Å². The highest BCUT2D eigenvalue weighted by Gasteiger charge is 2.23. The molecule has 0 saturated carbocycles. The van der Waals surface area contributed by atoms with Gasteiger partial charge in [0.2, 0.25) is 0 Å². The van der Waals surface area contributed by atoms with Crippen LogP contribution in [0.1, 0.15) is 12.5 Å². The van der Waals surface area contributed by atoms with Crippen molar-refractivity contribution < 1.29 is 4.39 Å². The summed E-state index contributed by atoms with van der Waals surface area (Å²) < 4.78 is 13.8. The van der Waals surface area contributed by atoms with Crippen LogP contribution in [0.5, 0.6) is 0 Å². The summed E-state index contributed by atoms with van der Waals surface area (Å²) in [6, 6.07) is 7.86. The Hall–Kier alpha value is -0.410. The van der Waals surface area contributed by atoms with Crippen LogP contribution in [-0.2, 0) is 6.42 Å². The van der Waals surface area contributed by atoms with Crippen molar-refractivity contribution in [3.05, 3.63) is 34.3 Å². The molecule has 0 aromatic heterocycles. The van der Waals surface area contributed by atoms with E-state index in [1.807, 2.05) is 31.2 Å². The summed E-state index contributed by atoms with van der Waals surface area (Å²) >= 11 is 3.44. The zero-order valence-electron chi connectivity index (χ0n) is 8.26. The molecule has 0 amide bonds. The SMILES string of the molecule is CC(CN)(CF)Cc1ccccc1Br. The second kappa shape index (κ2) is 4.89. The minimum Gasteiger partial charge on any atom is -0.330 e. The molecule has 0 saturated heterocycles. The Labute approximate surface area is 92.6 Å². The lowest BCUT2D eigenvalue weighted by molar-refractivity contribution is 0.238. The van der Waals surface area contributed by atoms with Gasteiger partial charge in [0.25, 0.3) is 0 Å². The molecule has 3 heteroatoms. The predicted molar refractivity (Wildman–Crippen MR) is 61.0 cm³/mol. The molecule has 0 bridgehead atoms. The van der Waals surface area contributed by atoms with Crippen molar-refractivity contribution in [3.63, 3.8) is 0 Å². The van der Waals surface area contributed by atoms with E-state index in [9.17, 15) is 4.39 Å². The number of benzene rings is 1. The lowest BCUT2D eigenvalue weighted by Gasteiger charge is -2.24. The van der Waals surface area contributed by atoms with Gasteiger partial charge in [-0.2, -0.15) is 0 Å². The Morgan fingerprint density at radius 1 is 1.43 bits per heavy atom. The van der Waals surface area contributed by atoms with E-state index in [0.717, 1.165) is 10.0 Å². The Kier molecular flexibility index (Phi) is 4.08. The van der Waals surface area contributed by atoms with Crippen molar-refractivity contribution in [1.29, 1.82) is 0 Å². The van der Waals surface area contributed by atoms with Gasteiger partial charge in [0.05, 0.1) is 6.67 Å². The van der Waals surface area contributed by atoms with Crippen LogP contribution in [0.25, 0.3) is 0 Å². The average Bonchev–Trinajstić information content (AvgIpc) is 2.21. The van der Waals surface area contributed by atoms with Crippen molar-refractivity contribution in [2.75, 3.05) is 13.2 Å². The molecule has 0 aliphatic carbocycles. The third-order valence-electron chi connectivity index (χ3n) is 2.39. The maximum Gasteiger partial charge on any atom is 0.0963 e. The van der Waals surface area contributed by atoms with E-state index in [-0.39, 0.29) is 6.67 Å². The van der Waals surface area contributed by atoms with E-state index >= 15 is 0 Å². The molecule has 1 unspecified atom stereocenters. The summed E-state index contributed by atoms with van der Waals surface area (Å²) in [6.45, 7) is 1.85. The molecular formula is C11H15BrFN. The lowest BCUT2D eigenvalue weighted by atomic mass is 9.85. The number of nitrogens with two attached hydrogens (primary N) is 1. The zero-order chi connectivity index (χ0) is 10.6. The molecule has 0 aliphatic heterocycles. The maximum atomic E-state index is 12.8. The van der Waals surface area contributed by atoms with Crippen LogP contribution in [0.15, 0.2) is 28.7 Å². The minimum atomic E-state index is -0.441. The monoisotopic (exact) mass is 259 g/mol. The molecular weight excluding hydrogens is 245 g/mol. The summed E-state index contributed by atoms with van der Waals surface area (Å²) in [5.41, 5.74) is 6.23. The van der Waals surface area contributed by atoms with Gasteiger partial charge in [-0.15, -0.1) is 0 Å². The summed E-state index contributed by atoms with van der Waals surface area (Å²) in [4.78, 5) is 0. The van der Waals surface area contributed by atoms with Crippen molar-refractivity contribution in [1.82, 2.24) is 0 Å². The summed E-state index contributed by atoms with van der Waals surface area (Å²) in [5, 5.41) is 0. The number of halogens is 2. The first-order valence-electron chi connectivity index (χ1n) is 4.61. The van der Waals surface area contributed by atoms with Gasteiger partial charge in [-0.25, -0.2) is 0 Å². The Morgan fingerprint density at radius 3 is 2.57 bits per heavy atom. The molecule has 14 heavy (non-hydrogen) atoms. The van der Waals surface area contributed by atoms with Crippen LogP contribution >= 0.6 is 15.9 Å². The highest BCUT2D eigenvalue weighted by molar-refractivity contribution is 9.10. The summed E-state index contributed by atoms with van der Waals surface area (Å²) in [7, 11) is 0.